The van der Waals surface area contributed by atoms with Crippen LogP contribution in [0.3, 0.4) is 0 Å². The third-order valence-electron chi connectivity index (χ3n) is 4.82. The van der Waals surface area contributed by atoms with Crippen molar-refractivity contribution in [1.29, 1.82) is 0 Å². The van der Waals surface area contributed by atoms with Crippen molar-refractivity contribution in [3.05, 3.63) is 53.9 Å². The quantitative estimate of drug-likeness (QED) is 0.792. The number of nitrogens with one attached hydrogen (secondary N) is 1. The molecule has 1 atom stereocenters. The van der Waals surface area contributed by atoms with Gasteiger partial charge in [-0.05, 0) is 49.9 Å². The van der Waals surface area contributed by atoms with Crippen molar-refractivity contribution in [1.82, 2.24) is 9.88 Å². The highest BCUT2D eigenvalue weighted by molar-refractivity contribution is 5.95. The van der Waals surface area contributed by atoms with E-state index in [0.717, 1.165) is 44.4 Å². The number of benzene rings is 1. The molecule has 1 N–H and O–H groups in total. The molecule has 144 valence electrons. The number of anilines is 2. The molecule has 4 nitrogen and oxygen atoms in total. The molecule has 2 aromatic rings. The maximum atomic E-state index is 12.9. The van der Waals surface area contributed by atoms with Crippen molar-refractivity contribution in [3.63, 3.8) is 0 Å². The van der Waals surface area contributed by atoms with Gasteiger partial charge in [-0.3, -0.25) is 9.78 Å². The number of halogens is 3. The van der Waals surface area contributed by atoms with Crippen LogP contribution in [0.2, 0.25) is 0 Å². The fourth-order valence-electron chi connectivity index (χ4n) is 3.42. The molecule has 1 saturated heterocycles. The van der Waals surface area contributed by atoms with Crippen molar-refractivity contribution in [3.8, 4) is 0 Å². The average Bonchev–Trinajstić information content (AvgIpc) is 2.67. The van der Waals surface area contributed by atoms with Gasteiger partial charge in [-0.15, -0.1) is 0 Å². The Labute approximate surface area is 156 Å². The van der Waals surface area contributed by atoms with Crippen molar-refractivity contribution in [2.75, 3.05) is 11.9 Å². The largest absolute Gasteiger partial charge is 0.416 e. The van der Waals surface area contributed by atoms with Gasteiger partial charge in [0.15, 0.2) is 0 Å². The highest BCUT2D eigenvalue weighted by Gasteiger charge is 2.30. The van der Waals surface area contributed by atoms with Crippen LogP contribution in [0.25, 0.3) is 0 Å². The Morgan fingerprint density at radius 1 is 1.22 bits per heavy atom. The molecule has 27 heavy (non-hydrogen) atoms. The lowest BCUT2D eigenvalue weighted by Gasteiger charge is -2.35. The first-order valence-corrected chi connectivity index (χ1v) is 9.09. The van der Waals surface area contributed by atoms with Crippen molar-refractivity contribution in [2.45, 2.75) is 44.8 Å². The predicted octanol–water partition coefficient (Wildman–Crippen LogP) is 5.25. The number of likely N-dealkylation sites (tertiary alicyclic amines) is 1. The Hall–Kier alpha value is -2.57. The van der Waals surface area contributed by atoms with Crippen LogP contribution in [0.5, 0.6) is 0 Å². The van der Waals surface area contributed by atoms with E-state index in [9.17, 15) is 18.0 Å². The highest BCUT2D eigenvalue weighted by atomic mass is 19.4. The monoisotopic (exact) mass is 377 g/mol. The van der Waals surface area contributed by atoms with Crippen LogP contribution in [0, 0.1) is 0 Å². The zero-order chi connectivity index (χ0) is 19.4. The zero-order valence-corrected chi connectivity index (χ0v) is 15.1. The molecule has 1 unspecified atom stereocenters. The molecule has 7 heteroatoms. The first-order chi connectivity index (χ1) is 12.9. The third-order valence-corrected chi connectivity index (χ3v) is 4.82. The summed E-state index contributed by atoms with van der Waals surface area (Å²) in [5.41, 5.74) is 0.477. The smallest absolute Gasteiger partial charge is 0.354 e. The number of hydrogen-bond donors (Lipinski definition) is 1. The van der Waals surface area contributed by atoms with Gasteiger partial charge in [0.05, 0.1) is 23.0 Å². The molecule has 0 bridgehead atoms. The molecule has 1 aliphatic heterocycles. The number of nitrogens with zero attached hydrogens (tertiary/aromatic N) is 2. The molecule has 0 spiro atoms. The van der Waals surface area contributed by atoms with Crippen molar-refractivity contribution >= 4 is 17.3 Å². The Morgan fingerprint density at radius 3 is 2.78 bits per heavy atom. The van der Waals surface area contributed by atoms with Gasteiger partial charge in [-0.25, -0.2) is 0 Å². The number of carbonyl (C=O) groups is 1. The standard InChI is InChI=1S/C20H22F3N3O/c1-2-18-8-3-4-9-26(18)19(27)14-10-17(13-24-12-14)25-16-7-5-6-15(11-16)20(21,22)23/h5-7,10-13,18,25H,2-4,8-9H2,1H3. The van der Waals surface area contributed by atoms with E-state index in [-0.39, 0.29) is 11.9 Å². The number of piperidine rings is 1. The Morgan fingerprint density at radius 2 is 2.04 bits per heavy atom. The molecule has 1 aliphatic rings. The number of aromatic nitrogens is 1. The van der Waals surface area contributed by atoms with Crippen LogP contribution in [-0.2, 0) is 6.18 Å². The SMILES string of the molecule is CCC1CCCCN1C(=O)c1cncc(Nc2cccc(C(F)(F)F)c2)c1. The van der Waals surface area contributed by atoms with Crippen LogP contribution < -0.4 is 5.32 Å². The molecule has 3 rings (SSSR count). The van der Waals surface area contributed by atoms with Crippen molar-refractivity contribution in [2.24, 2.45) is 0 Å². The van der Waals surface area contributed by atoms with Crippen LogP contribution in [-0.4, -0.2) is 28.4 Å². The lowest BCUT2D eigenvalue weighted by molar-refractivity contribution is -0.137. The molecule has 0 radical (unpaired) electrons. The molecule has 1 fully saturated rings. The van der Waals surface area contributed by atoms with Crippen LogP contribution in [0.1, 0.15) is 48.5 Å². The van der Waals surface area contributed by atoms with Gasteiger partial charge >= 0.3 is 6.18 Å². The van der Waals surface area contributed by atoms with Gasteiger partial charge in [0.25, 0.3) is 5.91 Å². The molecule has 1 aromatic heterocycles. The second kappa shape index (κ2) is 7.98. The van der Waals surface area contributed by atoms with E-state index in [1.807, 2.05) is 4.90 Å². The Balaban J connectivity index is 1.79. The summed E-state index contributed by atoms with van der Waals surface area (Å²) in [6, 6.07) is 6.80. The van der Waals surface area contributed by atoms with Crippen LogP contribution >= 0.6 is 0 Å². The minimum Gasteiger partial charge on any atom is -0.354 e. The second-order valence-corrected chi connectivity index (χ2v) is 6.72. The van der Waals surface area contributed by atoms with E-state index in [0.29, 0.717) is 16.9 Å². The minimum atomic E-state index is -4.41. The first kappa shape index (κ1) is 19.2. The summed E-state index contributed by atoms with van der Waals surface area (Å²) in [6.07, 6.45) is 2.59. The first-order valence-electron chi connectivity index (χ1n) is 9.09. The predicted molar refractivity (Wildman–Crippen MR) is 97.9 cm³/mol. The van der Waals surface area contributed by atoms with Gasteiger partial charge in [0.1, 0.15) is 0 Å². The topological polar surface area (TPSA) is 45.2 Å². The number of hydrogen-bond acceptors (Lipinski definition) is 3. The normalized spacial score (nSPS) is 17.6. The molecule has 2 heterocycles. The Kier molecular flexibility index (Phi) is 5.68. The summed E-state index contributed by atoms with van der Waals surface area (Å²) in [5.74, 6) is -0.0817. The molecule has 0 aliphatic carbocycles. The fourth-order valence-corrected chi connectivity index (χ4v) is 3.42. The van der Waals surface area contributed by atoms with Gasteiger partial charge in [-0.1, -0.05) is 13.0 Å². The number of pyridine rings is 1. The van der Waals surface area contributed by atoms with E-state index in [1.165, 1.54) is 18.5 Å². The number of amides is 1. The third kappa shape index (κ3) is 4.59. The summed E-state index contributed by atoms with van der Waals surface area (Å²) in [4.78, 5) is 18.8. The van der Waals surface area contributed by atoms with Crippen LogP contribution in [0.15, 0.2) is 42.7 Å². The van der Waals surface area contributed by atoms with Gasteiger partial charge in [0, 0.05) is 24.5 Å². The zero-order valence-electron chi connectivity index (χ0n) is 15.1. The number of carbonyl (C=O) groups excluding carboxylic acids is 1. The number of rotatable bonds is 4. The van der Waals surface area contributed by atoms with E-state index in [2.05, 4.69) is 17.2 Å². The molecule has 1 aromatic carbocycles. The summed E-state index contributed by atoms with van der Waals surface area (Å²) < 4.78 is 38.6. The average molecular weight is 377 g/mol. The summed E-state index contributed by atoms with van der Waals surface area (Å²) in [6.45, 7) is 2.79. The maximum Gasteiger partial charge on any atom is 0.416 e. The van der Waals surface area contributed by atoms with E-state index in [4.69, 9.17) is 0 Å². The summed E-state index contributed by atoms with van der Waals surface area (Å²) >= 11 is 0. The van der Waals surface area contributed by atoms with E-state index in [1.54, 1.807) is 12.1 Å². The fraction of sp³-hybridized carbons (Fsp3) is 0.400. The molecular formula is C20H22F3N3O. The van der Waals surface area contributed by atoms with Crippen LogP contribution in [0.4, 0.5) is 24.5 Å². The van der Waals surface area contributed by atoms with Gasteiger partial charge in [0.2, 0.25) is 0 Å². The minimum absolute atomic E-state index is 0.0817. The molecular weight excluding hydrogens is 355 g/mol. The van der Waals surface area contributed by atoms with Gasteiger partial charge in [-0.2, -0.15) is 13.2 Å². The van der Waals surface area contributed by atoms with E-state index < -0.39 is 11.7 Å². The van der Waals surface area contributed by atoms with E-state index >= 15 is 0 Å². The summed E-state index contributed by atoms with van der Waals surface area (Å²) in [7, 11) is 0. The number of alkyl halides is 3. The highest BCUT2D eigenvalue weighted by Crippen LogP contribution is 2.31. The lowest BCUT2D eigenvalue weighted by atomic mass is 9.99. The molecule has 1 amide bonds. The van der Waals surface area contributed by atoms with Gasteiger partial charge < -0.3 is 10.2 Å². The van der Waals surface area contributed by atoms with Crippen molar-refractivity contribution < 1.29 is 18.0 Å². The maximum absolute atomic E-state index is 12.9. The molecule has 0 saturated carbocycles. The Bertz CT molecular complexity index is 807. The lowest BCUT2D eigenvalue weighted by Crippen LogP contribution is -2.43. The second-order valence-electron chi connectivity index (χ2n) is 6.72. The summed E-state index contributed by atoms with van der Waals surface area (Å²) in [5, 5.41) is 2.91.